The maximum Gasteiger partial charge on any atom is 0.119 e. The maximum atomic E-state index is 8.76. The molecule has 0 aliphatic heterocycles. The Morgan fingerprint density at radius 2 is 1.95 bits per heavy atom. The minimum absolute atomic E-state index is 0.251. The predicted octanol–water partition coefficient (Wildman–Crippen LogP) is 3.42. The van der Waals surface area contributed by atoms with Crippen LogP contribution < -0.4 is 10.1 Å². The highest BCUT2D eigenvalue weighted by Gasteiger charge is 2.03. The Hall–Kier alpha value is -2.31. The molecule has 0 fully saturated rings. The van der Waals surface area contributed by atoms with E-state index in [9.17, 15) is 0 Å². The van der Waals surface area contributed by atoms with Crippen LogP contribution >= 0.6 is 0 Å². The van der Waals surface area contributed by atoms with Crippen LogP contribution in [0.15, 0.2) is 48.5 Å². The van der Waals surface area contributed by atoms with Gasteiger partial charge in [-0.25, -0.2) is 0 Å². The zero-order valence-electron chi connectivity index (χ0n) is 12.5. The fourth-order valence-electron chi connectivity index (χ4n) is 1.97. The van der Waals surface area contributed by atoms with E-state index in [0.717, 1.165) is 17.9 Å². The molecule has 2 aromatic carbocycles. The van der Waals surface area contributed by atoms with Crippen molar-refractivity contribution in [2.24, 2.45) is 0 Å². The van der Waals surface area contributed by atoms with E-state index in [1.807, 2.05) is 42.5 Å². The Labute approximate surface area is 126 Å². The molecule has 0 radical (unpaired) electrons. The summed E-state index contributed by atoms with van der Waals surface area (Å²) in [7, 11) is 0. The molecule has 3 heteroatoms. The first-order valence-corrected chi connectivity index (χ1v) is 7.09. The molecule has 2 aromatic rings. The molecule has 1 unspecified atom stereocenters. The molecule has 0 aliphatic carbocycles. The lowest BCUT2D eigenvalue weighted by molar-refractivity contribution is 0.272. The third-order valence-electron chi connectivity index (χ3n) is 3.23. The summed E-state index contributed by atoms with van der Waals surface area (Å²) >= 11 is 0. The van der Waals surface area contributed by atoms with Gasteiger partial charge in [0, 0.05) is 12.6 Å². The molecule has 3 nitrogen and oxygen atoms in total. The lowest BCUT2D eigenvalue weighted by Gasteiger charge is -2.15. The molecule has 1 atom stereocenters. The minimum Gasteiger partial charge on any atom is -0.492 e. The van der Waals surface area contributed by atoms with Crippen LogP contribution in [0.25, 0.3) is 0 Å². The topological polar surface area (TPSA) is 45.0 Å². The number of nitrogens with one attached hydrogen (secondary N) is 1. The number of benzene rings is 2. The second-order valence-electron chi connectivity index (χ2n) is 5.22. The fraction of sp³-hybridized carbons (Fsp3) is 0.278. The highest BCUT2D eigenvalue weighted by Crippen LogP contribution is 2.12. The van der Waals surface area contributed by atoms with Crippen LogP contribution in [0, 0.1) is 18.3 Å². The van der Waals surface area contributed by atoms with Crippen LogP contribution in [0.3, 0.4) is 0 Å². The molecule has 0 bridgehead atoms. The molecule has 21 heavy (non-hydrogen) atoms. The van der Waals surface area contributed by atoms with Crippen LogP contribution in [0.1, 0.15) is 23.6 Å². The minimum atomic E-state index is 0.251. The molecule has 0 heterocycles. The van der Waals surface area contributed by atoms with Gasteiger partial charge in [-0.3, -0.25) is 0 Å². The van der Waals surface area contributed by atoms with Gasteiger partial charge in [-0.1, -0.05) is 24.3 Å². The Kier molecular flexibility index (Phi) is 5.36. The summed E-state index contributed by atoms with van der Waals surface area (Å²) < 4.78 is 5.77. The first kappa shape index (κ1) is 15.1. The maximum absolute atomic E-state index is 8.76. The monoisotopic (exact) mass is 280 g/mol. The summed E-state index contributed by atoms with van der Waals surface area (Å²) in [6.07, 6.45) is 0. The number of nitriles is 1. The molecule has 0 saturated carbocycles. The standard InChI is InChI=1S/C18H20N2O/c1-14-4-3-5-18(10-14)21-13-15(2)20-12-17-8-6-16(11-19)7-9-17/h3-10,15,20H,12-13H2,1-2H3. The molecule has 2 rings (SSSR count). The summed E-state index contributed by atoms with van der Waals surface area (Å²) in [6, 6.07) is 18.1. The normalized spacial score (nSPS) is 11.7. The molecular weight excluding hydrogens is 260 g/mol. The Morgan fingerprint density at radius 3 is 2.62 bits per heavy atom. The molecule has 0 saturated heterocycles. The second kappa shape index (κ2) is 7.47. The molecule has 0 aromatic heterocycles. The molecule has 108 valence electrons. The van der Waals surface area contributed by atoms with Crippen LogP contribution in [-0.4, -0.2) is 12.6 Å². The lowest BCUT2D eigenvalue weighted by atomic mass is 10.1. The third-order valence-corrected chi connectivity index (χ3v) is 3.23. The van der Waals surface area contributed by atoms with Crippen LogP contribution in [-0.2, 0) is 6.54 Å². The number of nitrogens with zero attached hydrogens (tertiary/aromatic N) is 1. The smallest absolute Gasteiger partial charge is 0.119 e. The molecular formula is C18H20N2O. The average molecular weight is 280 g/mol. The first-order chi connectivity index (χ1) is 10.2. The Balaban J connectivity index is 1.76. The molecule has 0 spiro atoms. The van der Waals surface area contributed by atoms with Gasteiger partial charge in [0.2, 0.25) is 0 Å². The van der Waals surface area contributed by atoms with Crippen molar-refractivity contribution in [3.05, 3.63) is 65.2 Å². The Bertz CT molecular complexity index is 614. The highest BCUT2D eigenvalue weighted by atomic mass is 16.5. The van der Waals surface area contributed by atoms with Crippen molar-refractivity contribution in [3.8, 4) is 11.8 Å². The summed E-state index contributed by atoms with van der Waals surface area (Å²) in [4.78, 5) is 0. The van der Waals surface area contributed by atoms with Crippen molar-refractivity contribution in [1.29, 1.82) is 5.26 Å². The average Bonchev–Trinajstić information content (AvgIpc) is 2.51. The van der Waals surface area contributed by atoms with Gasteiger partial charge in [0.05, 0.1) is 11.6 Å². The van der Waals surface area contributed by atoms with Crippen molar-refractivity contribution in [2.45, 2.75) is 26.4 Å². The third kappa shape index (κ3) is 4.94. The van der Waals surface area contributed by atoms with Gasteiger partial charge in [-0.05, 0) is 49.2 Å². The van der Waals surface area contributed by atoms with E-state index in [1.54, 1.807) is 0 Å². The van der Waals surface area contributed by atoms with Gasteiger partial charge in [-0.15, -0.1) is 0 Å². The quantitative estimate of drug-likeness (QED) is 0.881. The van der Waals surface area contributed by atoms with Crippen molar-refractivity contribution in [3.63, 3.8) is 0 Å². The van der Waals surface area contributed by atoms with Gasteiger partial charge in [0.1, 0.15) is 12.4 Å². The van der Waals surface area contributed by atoms with Crippen LogP contribution in [0.5, 0.6) is 5.75 Å². The molecule has 1 N–H and O–H groups in total. The number of hydrogen-bond acceptors (Lipinski definition) is 3. The summed E-state index contributed by atoms with van der Waals surface area (Å²) in [5.74, 6) is 0.905. The zero-order valence-corrected chi connectivity index (χ0v) is 12.5. The van der Waals surface area contributed by atoms with E-state index in [1.165, 1.54) is 5.56 Å². The van der Waals surface area contributed by atoms with E-state index in [0.29, 0.717) is 12.2 Å². The number of aryl methyl sites for hydroxylation is 1. The van der Waals surface area contributed by atoms with Crippen LogP contribution in [0.4, 0.5) is 0 Å². The van der Waals surface area contributed by atoms with Crippen molar-refractivity contribution >= 4 is 0 Å². The van der Waals surface area contributed by atoms with E-state index in [4.69, 9.17) is 10.00 Å². The van der Waals surface area contributed by atoms with E-state index >= 15 is 0 Å². The van der Waals surface area contributed by atoms with Crippen molar-refractivity contribution in [2.75, 3.05) is 6.61 Å². The fourth-order valence-corrected chi connectivity index (χ4v) is 1.97. The van der Waals surface area contributed by atoms with Gasteiger partial charge >= 0.3 is 0 Å². The van der Waals surface area contributed by atoms with E-state index < -0.39 is 0 Å². The number of hydrogen-bond donors (Lipinski definition) is 1. The Morgan fingerprint density at radius 1 is 1.19 bits per heavy atom. The van der Waals surface area contributed by atoms with E-state index in [-0.39, 0.29) is 6.04 Å². The SMILES string of the molecule is Cc1cccc(OCC(C)NCc2ccc(C#N)cc2)c1. The van der Waals surface area contributed by atoms with Gasteiger partial charge in [0.25, 0.3) is 0 Å². The van der Waals surface area contributed by atoms with Gasteiger partial charge < -0.3 is 10.1 Å². The largest absolute Gasteiger partial charge is 0.492 e. The van der Waals surface area contributed by atoms with E-state index in [2.05, 4.69) is 31.3 Å². The van der Waals surface area contributed by atoms with Crippen molar-refractivity contribution < 1.29 is 4.74 Å². The zero-order chi connectivity index (χ0) is 15.1. The first-order valence-electron chi connectivity index (χ1n) is 7.09. The molecule has 0 aliphatic rings. The summed E-state index contributed by atoms with van der Waals surface area (Å²) in [6.45, 7) is 5.54. The summed E-state index contributed by atoms with van der Waals surface area (Å²) in [5.41, 5.74) is 3.05. The molecule has 0 amide bonds. The number of rotatable bonds is 6. The number of ether oxygens (including phenoxy) is 1. The van der Waals surface area contributed by atoms with Gasteiger partial charge in [0.15, 0.2) is 0 Å². The van der Waals surface area contributed by atoms with Gasteiger partial charge in [-0.2, -0.15) is 5.26 Å². The summed E-state index contributed by atoms with van der Waals surface area (Å²) in [5, 5.41) is 12.2. The van der Waals surface area contributed by atoms with Crippen LogP contribution in [0.2, 0.25) is 0 Å². The predicted molar refractivity (Wildman–Crippen MR) is 84.1 cm³/mol. The highest BCUT2D eigenvalue weighted by molar-refractivity contribution is 5.31. The second-order valence-corrected chi connectivity index (χ2v) is 5.22. The van der Waals surface area contributed by atoms with Crippen molar-refractivity contribution in [1.82, 2.24) is 5.32 Å². The lowest BCUT2D eigenvalue weighted by Crippen LogP contribution is -2.31.